The van der Waals surface area contributed by atoms with E-state index in [0.29, 0.717) is 25.9 Å². The Bertz CT molecular complexity index is 519. The molecule has 0 aliphatic carbocycles. The van der Waals surface area contributed by atoms with Gasteiger partial charge in [-0.25, -0.2) is 4.79 Å². The van der Waals surface area contributed by atoms with Crippen LogP contribution in [0.15, 0.2) is 0 Å². The number of ketones is 1. The minimum Gasteiger partial charge on any atom is -0.444 e. The van der Waals surface area contributed by atoms with Crippen LogP contribution < -0.4 is 10.6 Å². The highest BCUT2D eigenvalue weighted by Crippen LogP contribution is 2.12. The summed E-state index contributed by atoms with van der Waals surface area (Å²) < 4.78 is 5.10. The Morgan fingerprint density at radius 1 is 1.04 bits per heavy atom. The summed E-state index contributed by atoms with van der Waals surface area (Å²) >= 11 is 0. The predicted molar refractivity (Wildman–Crippen MR) is 96.5 cm³/mol. The Morgan fingerprint density at radius 3 is 2.19 bits per heavy atom. The molecule has 1 heterocycles. The van der Waals surface area contributed by atoms with Crippen molar-refractivity contribution in [2.75, 3.05) is 19.6 Å². The van der Waals surface area contributed by atoms with Gasteiger partial charge < -0.3 is 25.1 Å². The second-order valence-electron chi connectivity index (χ2n) is 7.60. The zero-order chi connectivity index (χ0) is 19.7. The third-order valence-corrected chi connectivity index (χ3v) is 3.92. The molecule has 0 unspecified atom stereocenters. The van der Waals surface area contributed by atoms with Gasteiger partial charge in [-0.3, -0.25) is 9.59 Å². The predicted octanol–water partition coefficient (Wildman–Crippen LogP) is 1.38. The number of rotatable bonds is 7. The quantitative estimate of drug-likeness (QED) is 0.705. The van der Waals surface area contributed by atoms with Crippen molar-refractivity contribution in [1.29, 1.82) is 0 Å². The van der Waals surface area contributed by atoms with Gasteiger partial charge in [0.25, 0.3) is 0 Å². The number of carbonyl (C=O) groups excluding carboxylic acids is 4. The van der Waals surface area contributed by atoms with E-state index in [0.717, 1.165) is 0 Å². The third kappa shape index (κ3) is 9.39. The monoisotopic (exact) mass is 369 g/mol. The molecule has 8 nitrogen and oxygen atoms in total. The number of nitrogens with one attached hydrogen (secondary N) is 2. The number of nitrogens with zero attached hydrogens (tertiary/aromatic N) is 1. The molecule has 0 saturated carbocycles. The van der Waals surface area contributed by atoms with Crippen LogP contribution in [0, 0.1) is 0 Å². The first-order valence-corrected chi connectivity index (χ1v) is 9.10. The molecule has 26 heavy (non-hydrogen) atoms. The minimum atomic E-state index is -0.567. The maximum Gasteiger partial charge on any atom is 0.407 e. The topological polar surface area (TPSA) is 105 Å². The van der Waals surface area contributed by atoms with Crippen LogP contribution in [0.2, 0.25) is 0 Å². The highest BCUT2D eigenvalue weighted by Gasteiger charge is 2.24. The van der Waals surface area contributed by atoms with E-state index in [-0.39, 0.29) is 49.4 Å². The summed E-state index contributed by atoms with van der Waals surface area (Å²) in [6.45, 7) is 8.18. The van der Waals surface area contributed by atoms with Gasteiger partial charge >= 0.3 is 6.09 Å². The van der Waals surface area contributed by atoms with E-state index in [1.165, 1.54) is 6.92 Å². The van der Waals surface area contributed by atoms with E-state index in [1.807, 2.05) is 0 Å². The van der Waals surface area contributed by atoms with Crippen LogP contribution in [-0.4, -0.2) is 59.9 Å². The van der Waals surface area contributed by atoms with Crippen molar-refractivity contribution in [3.05, 3.63) is 0 Å². The van der Waals surface area contributed by atoms with Gasteiger partial charge in [0.15, 0.2) is 0 Å². The number of hydrogen-bond acceptors (Lipinski definition) is 5. The van der Waals surface area contributed by atoms with Crippen molar-refractivity contribution in [2.24, 2.45) is 0 Å². The summed E-state index contributed by atoms with van der Waals surface area (Å²) in [6, 6.07) is 0.0286. The highest BCUT2D eigenvalue weighted by atomic mass is 16.6. The van der Waals surface area contributed by atoms with E-state index in [9.17, 15) is 19.2 Å². The molecule has 8 heteroatoms. The van der Waals surface area contributed by atoms with Gasteiger partial charge in [-0.05, 0) is 40.5 Å². The van der Waals surface area contributed by atoms with Crippen LogP contribution in [0.5, 0.6) is 0 Å². The number of piperidine rings is 1. The first kappa shape index (κ1) is 21.9. The number of hydrogen-bond donors (Lipinski definition) is 2. The molecule has 0 bridgehead atoms. The highest BCUT2D eigenvalue weighted by molar-refractivity contribution is 5.83. The van der Waals surface area contributed by atoms with Crippen LogP contribution in [-0.2, 0) is 19.1 Å². The van der Waals surface area contributed by atoms with Crippen molar-refractivity contribution >= 4 is 23.7 Å². The van der Waals surface area contributed by atoms with Crippen LogP contribution >= 0.6 is 0 Å². The fourth-order valence-corrected chi connectivity index (χ4v) is 2.61. The number of alkyl carbamates (subject to hydrolysis) is 1. The second-order valence-corrected chi connectivity index (χ2v) is 7.60. The largest absolute Gasteiger partial charge is 0.444 e. The van der Waals surface area contributed by atoms with Crippen molar-refractivity contribution < 1.29 is 23.9 Å². The molecule has 148 valence electrons. The molecule has 0 spiro atoms. The summed E-state index contributed by atoms with van der Waals surface area (Å²) in [5.41, 5.74) is -0.567. The standard InChI is InChI=1S/C18H31N3O5/c1-13(22)5-6-16(24)21-11-8-14(9-12-21)20-15(23)7-10-19-17(25)26-18(2,3)4/h14H,5-12H2,1-4H3,(H,19,25)(H,20,23). The molecule has 3 amide bonds. The lowest BCUT2D eigenvalue weighted by molar-refractivity contribution is -0.134. The molecule has 1 aliphatic rings. The molecule has 0 aromatic carbocycles. The van der Waals surface area contributed by atoms with Gasteiger partial charge in [0.05, 0.1) is 0 Å². The number of ether oxygens (including phenoxy) is 1. The summed E-state index contributed by atoms with van der Waals surface area (Å²) in [4.78, 5) is 48.1. The van der Waals surface area contributed by atoms with Gasteiger partial charge in [-0.1, -0.05) is 0 Å². The Morgan fingerprint density at radius 2 is 1.65 bits per heavy atom. The van der Waals surface area contributed by atoms with E-state index in [1.54, 1.807) is 25.7 Å². The average molecular weight is 369 g/mol. The van der Waals surface area contributed by atoms with Crippen molar-refractivity contribution in [1.82, 2.24) is 15.5 Å². The molecule has 0 aromatic heterocycles. The summed E-state index contributed by atoms with van der Waals surface area (Å²) in [5, 5.41) is 5.48. The fraction of sp³-hybridized carbons (Fsp3) is 0.778. The zero-order valence-corrected chi connectivity index (χ0v) is 16.2. The SMILES string of the molecule is CC(=O)CCC(=O)N1CCC(NC(=O)CCNC(=O)OC(C)(C)C)CC1. The van der Waals surface area contributed by atoms with Crippen molar-refractivity contribution in [3.8, 4) is 0 Å². The van der Waals surface area contributed by atoms with E-state index < -0.39 is 11.7 Å². The number of Topliss-reactive ketones (excluding diaryl/α,β-unsaturated/α-hetero) is 1. The van der Waals surface area contributed by atoms with Gasteiger partial charge in [-0.15, -0.1) is 0 Å². The number of carbonyl (C=O) groups is 4. The van der Waals surface area contributed by atoms with Crippen molar-refractivity contribution in [3.63, 3.8) is 0 Å². The fourth-order valence-electron chi connectivity index (χ4n) is 2.61. The molecule has 1 aliphatic heterocycles. The second kappa shape index (κ2) is 10.1. The molecule has 0 atom stereocenters. The molecular formula is C18H31N3O5. The Balaban J connectivity index is 2.20. The molecule has 0 aromatic rings. The van der Waals surface area contributed by atoms with Crippen LogP contribution in [0.1, 0.15) is 59.8 Å². The third-order valence-electron chi connectivity index (χ3n) is 3.92. The molecule has 1 rings (SSSR count). The van der Waals surface area contributed by atoms with Crippen molar-refractivity contribution in [2.45, 2.75) is 71.4 Å². The van der Waals surface area contributed by atoms with Gasteiger partial charge in [0, 0.05) is 44.9 Å². The summed E-state index contributed by atoms with van der Waals surface area (Å²) in [5.74, 6) is -0.130. The lowest BCUT2D eigenvalue weighted by atomic mass is 10.0. The number of likely N-dealkylation sites (tertiary alicyclic amines) is 1. The zero-order valence-electron chi connectivity index (χ0n) is 16.2. The first-order valence-electron chi connectivity index (χ1n) is 9.10. The maximum absolute atomic E-state index is 12.0. The molecule has 2 N–H and O–H groups in total. The Kier molecular flexibility index (Phi) is 8.54. The summed E-state index contributed by atoms with van der Waals surface area (Å²) in [7, 11) is 0. The molecule has 1 fully saturated rings. The van der Waals surface area contributed by atoms with E-state index in [2.05, 4.69) is 10.6 Å². The van der Waals surface area contributed by atoms with Crippen LogP contribution in [0.25, 0.3) is 0 Å². The summed E-state index contributed by atoms with van der Waals surface area (Å²) in [6.07, 6.45) is 1.55. The maximum atomic E-state index is 12.0. The first-order chi connectivity index (χ1) is 12.1. The smallest absolute Gasteiger partial charge is 0.407 e. The lowest BCUT2D eigenvalue weighted by Crippen LogP contribution is -2.47. The molecular weight excluding hydrogens is 338 g/mol. The average Bonchev–Trinajstić information content (AvgIpc) is 2.51. The van der Waals surface area contributed by atoms with Crippen LogP contribution in [0.3, 0.4) is 0 Å². The number of amides is 3. The minimum absolute atomic E-state index is 0.00784. The van der Waals surface area contributed by atoms with Gasteiger partial charge in [-0.2, -0.15) is 0 Å². The van der Waals surface area contributed by atoms with Crippen LogP contribution in [0.4, 0.5) is 4.79 Å². The lowest BCUT2D eigenvalue weighted by Gasteiger charge is -2.32. The van der Waals surface area contributed by atoms with Gasteiger partial charge in [0.2, 0.25) is 11.8 Å². The Labute approximate surface area is 155 Å². The molecule has 1 saturated heterocycles. The van der Waals surface area contributed by atoms with E-state index >= 15 is 0 Å². The van der Waals surface area contributed by atoms with E-state index in [4.69, 9.17) is 4.74 Å². The molecule has 0 radical (unpaired) electrons. The normalized spacial score (nSPS) is 15.3. The van der Waals surface area contributed by atoms with Gasteiger partial charge in [0.1, 0.15) is 11.4 Å². The Hall–Kier alpha value is -2.12.